The summed E-state index contributed by atoms with van der Waals surface area (Å²) in [5, 5.41) is 12.3. The zero-order valence-corrected chi connectivity index (χ0v) is 44.4. The number of methoxy groups -OCH3 is 2. The Morgan fingerprint density at radius 2 is 1.26 bits per heavy atom. The Morgan fingerprint density at radius 3 is 1.79 bits per heavy atom. The molecule has 0 saturated carbocycles. The highest BCUT2D eigenvalue weighted by Gasteiger charge is 2.56. The predicted octanol–water partition coefficient (Wildman–Crippen LogP) is 6.32. The number of esters is 3. The van der Waals surface area contributed by atoms with Gasteiger partial charge in [0.1, 0.15) is 29.5 Å². The van der Waals surface area contributed by atoms with Gasteiger partial charge in [-0.05, 0) is 105 Å². The van der Waals surface area contributed by atoms with Crippen molar-refractivity contribution >= 4 is 30.9 Å². The molecule has 0 bridgehead atoms. The van der Waals surface area contributed by atoms with E-state index in [4.69, 9.17) is 52.1 Å². The molecule has 3 aliphatic rings. The van der Waals surface area contributed by atoms with Crippen LogP contribution in [-0.4, -0.2) is 160 Å². The number of carbonyl (C=O) groups excluding carboxylic acids is 5. The molecule has 2 aromatic carbocycles. The normalized spacial score (nSPS) is 39.1. The topological polar surface area (TPSA) is 210 Å². The number of aliphatic hydroxyl groups is 1. The minimum atomic E-state index is -2.00. The second-order valence-electron chi connectivity index (χ2n) is 20.8. The lowest BCUT2D eigenvalue weighted by Gasteiger charge is -2.51. The Bertz CT molecular complexity index is 2080. The molecule has 72 heavy (non-hydrogen) atoms. The van der Waals surface area contributed by atoms with Crippen LogP contribution in [0.4, 0.5) is 0 Å². The summed E-state index contributed by atoms with van der Waals surface area (Å²) in [6.45, 7) is 17.9. The van der Waals surface area contributed by atoms with Crippen LogP contribution >= 0.6 is 0 Å². The Kier molecular flexibility index (Phi) is 20.4. The first-order valence-corrected chi connectivity index (χ1v) is 25.0. The van der Waals surface area contributed by atoms with Gasteiger partial charge in [0.05, 0.1) is 53.1 Å². The summed E-state index contributed by atoms with van der Waals surface area (Å²) in [4.78, 5) is 68.7. The Hall–Kier alpha value is -4.53. The van der Waals surface area contributed by atoms with Crippen LogP contribution in [0.1, 0.15) is 116 Å². The third-order valence-corrected chi connectivity index (χ3v) is 15.3. The lowest BCUT2D eigenvalue weighted by atomic mass is 9.73. The first kappa shape index (κ1) is 58.4. The third kappa shape index (κ3) is 13.2. The summed E-state index contributed by atoms with van der Waals surface area (Å²) in [7, 11) is 6.78. The van der Waals surface area contributed by atoms with E-state index in [-0.39, 0.29) is 37.9 Å². The average molecular weight is 1010 g/mol. The van der Waals surface area contributed by atoms with Crippen molar-refractivity contribution in [2.75, 3.05) is 28.3 Å². The van der Waals surface area contributed by atoms with Crippen molar-refractivity contribution in [3.8, 4) is 0 Å². The van der Waals surface area contributed by atoms with Crippen molar-refractivity contribution in [2.45, 2.75) is 185 Å². The zero-order valence-electron chi connectivity index (χ0n) is 44.4. The highest BCUT2D eigenvalue weighted by Crippen LogP contribution is 2.44. The van der Waals surface area contributed by atoms with E-state index < -0.39 is 120 Å². The van der Waals surface area contributed by atoms with Crippen LogP contribution in [-0.2, 0) is 66.5 Å². The first-order chi connectivity index (χ1) is 34.0. The number of hydrogen-bond donors (Lipinski definition) is 1. The molecule has 3 heterocycles. The molecule has 3 aliphatic heterocycles. The fourth-order valence-electron chi connectivity index (χ4n) is 11.2. The smallest absolute Gasteiger partial charge is 0.338 e. The van der Waals surface area contributed by atoms with Crippen LogP contribution in [0.3, 0.4) is 0 Å². The van der Waals surface area contributed by atoms with E-state index in [1.165, 1.54) is 21.1 Å². The molecule has 0 spiro atoms. The first-order valence-electron chi connectivity index (χ1n) is 25.0. The fraction of sp³-hybridized carbons (Fsp3) is 0.685. The van der Waals surface area contributed by atoms with E-state index in [0.717, 1.165) is 0 Å². The zero-order chi connectivity index (χ0) is 53.3. The van der Waals surface area contributed by atoms with Crippen LogP contribution in [0.2, 0.25) is 0 Å². The van der Waals surface area contributed by atoms with Crippen LogP contribution in [0, 0.1) is 23.7 Å². The largest absolute Gasteiger partial charge is 0.464 e. The monoisotopic (exact) mass is 1010 g/mol. The van der Waals surface area contributed by atoms with Gasteiger partial charge < -0.3 is 62.1 Å². The molecule has 402 valence electrons. The van der Waals surface area contributed by atoms with Crippen LogP contribution < -0.4 is 0 Å². The number of hydrogen-bond acceptors (Lipinski definition) is 18. The van der Waals surface area contributed by atoms with Gasteiger partial charge in [0.2, 0.25) is 0 Å². The highest BCUT2D eigenvalue weighted by molar-refractivity contribution is 5.90. The number of nitrogens with zero attached hydrogens (tertiary/aromatic N) is 1. The van der Waals surface area contributed by atoms with E-state index in [1.54, 1.807) is 95.3 Å². The van der Waals surface area contributed by atoms with Crippen LogP contribution in [0.5, 0.6) is 0 Å². The van der Waals surface area contributed by atoms with Crippen LogP contribution in [0.15, 0.2) is 60.7 Å². The third-order valence-electron chi connectivity index (χ3n) is 15.3. The minimum absolute atomic E-state index is 0.0283. The van der Waals surface area contributed by atoms with Gasteiger partial charge in [-0.1, -0.05) is 64.1 Å². The van der Waals surface area contributed by atoms with E-state index >= 15 is 0 Å². The summed E-state index contributed by atoms with van der Waals surface area (Å²) in [6, 6.07) is 16.8. The second-order valence-corrected chi connectivity index (χ2v) is 20.8. The van der Waals surface area contributed by atoms with Crippen molar-refractivity contribution in [1.29, 1.82) is 0 Å². The molecule has 2 unspecified atom stereocenters. The molecule has 0 amide bonds. The number of carbonyl (C=O) groups is 5. The van der Waals surface area contributed by atoms with Gasteiger partial charge in [-0.2, -0.15) is 0 Å². The Morgan fingerprint density at radius 1 is 0.722 bits per heavy atom. The van der Waals surface area contributed by atoms with E-state index in [9.17, 15) is 29.1 Å². The van der Waals surface area contributed by atoms with Gasteiger partial charge in [0.25, 0.3) is 12.9 Å². The molecular weight excluding hydrogens is 935 g/mol. The molecule has 3 fully saturated rings. The number of cyclic esters (lactones) is 1. The van der Waals surface area contributed by atoms with Crippen molar-refractivity contribution < 1.29 is 81.2 Å². The van der Waals surface area contributed by atoms with Crippen molar-refractivity contribution in [3.05, 3.63) is 71.8 Å². The van der Waals surface area contributed by atoms with Gasteiger partial charge in [-0.15, -0.1) is 0 Å². The standard InChI is InChI=1S/C54H79NO17/c1-15-40-54(10,61)46(65-30-57)33(4)42(64-29-56)31(2)27-52(8,62-13)45(72-51-44(39(55(11)12)26-32(3)66-51)70-49(59)37-22-18-16-19-23-37)34(5)43(35(6)48(58)68-40)69-41-28-53(9,63-14)47(36(7)67-41)71-50(60)38-24-20-17-21-25-38/h16-25,29-36,39-47,51,61H,15,26-28H2,1-14H3/t31-,32-,33+,34+,35-,36+,39+,40-,41?,42+,43+,44-,45-,46-,47+,51?,52-,53-,54-/m1/s1. The number of ether oxygens (including phenoxy) is 11. The molecule has 18 nitrogen and oxygen atoms in total. The second kappa shape index (κ2) is 25.1. The van der Waals surface area contributed by atoms with E-state index in [1.807, 2.05) is 46.7 Å². The van der Waals surface area contributed by atoms with Crippen molar-refractivity contribution in [2.24, 2.45) is 23.7 Å². The summed E-state index contributed by atoms with van der Waals surface area (Å²) in [5.41, 5.74) is -3.87. The Balaban J connectivity index is 1.67. The maximum absolute atomic E-state index is 14.9. The number of likely N-dealkylation sites (N-methyl/N-ethyl adjacent to an activating group) is 1. The molecule has 0 aromatic heterocycles. The fourth-order valence-corrected chi connectivity index (χ4v) is 11.2. The highest BCUT2D eigenvalue weighted by atomic mass is 16.7. The lowest BCUT2D eigenvalue weighted by molar-refractivity contribution is -0.319. The maximum Gasteiger partial charge on any atom is 0.338 e. The molecule has 1 N–H and O–H groups in total. The minimum Gasteiger partial charge on any atom is -0.464 e. The van der Waals surface area contributed by atoms with Gasteiger partial charge >= 0.3 is 17.9 Å². The summed E-state index contributed by atoms with van der Waals surface area (Å²) in [5.74, 6) is -5.39. The molecule has 19 atom stereocenters. The van der Waals surface area contributed by atoms with Crippen molar-refractivity contribution in [3.63, 3.8) is 0 Å². The van der Waals surface area contributed by atoms with Gasteiger partial charge in [0, 0.05) is 32.5 Å². The van der Waals surface area contributed by atoms with Gasteiger partial charge in [0.15, 0.2) is 24.8 Å². The number of rotatable bonds is 16. The molecule has 18 heteroatoms. The molecular formula is C54H79NO17. The molecule has 0 radical (unpaired) electrons. The molecule has 3 saturated heterocycles. The maximum atomic E-state index is 14.9. The molecule has 0 aliphatic carbocycles. The van der Waals surface area contributed by atoms with Crippen LogP contribution in [0.25, 0.3) is 0 Å². The van der Waals surface area contributed by atoms with E-state index in [0.29, 0.717) is 24.0 Å². The quantitative estimate of drug-likeness (QED) is 0.111. The lowest BCUT2D eigenvalue weighted by Crippen LogP contribution is -2.62. The number of benzene rings is 2. The average Bonchev–Trinajstić information content (AvgIpc) is 3.35. The molecule has 2 aromatic rings. The predicted molar refractivity (Wildman–Crippen MR) is 261 cm³/mol. The summed E-state index contributed by atoms with van der Waals surface area (Å²) < 4.78 is 70.2. The van der Waals surface area contributed by atoms with Gasteiger partial charge in [-0.25, -0.2) is 9.59 Å². The van der Waals surface area contributed by atoms with E-state index in [2.05, 4.69) is 0 Å². The SMILES string of the molecule is CC[C@H]1OC(=O)[C@H](C)[C@@H](OC2C[C@@](C)(OC)[C@@H](OC(=O)c3ccccc3)[C@H](C)O2)[C@H](C)[C@@H](OC2O[C@H](C)C[C@H](N(C)C)[C@H]2OC(=O)c2ccccc2)[C@](C)(OC)C[C@@H](C)[C@H](OC=O)[C@H](C)[C@@H](OC=O)[C@]1(C)O. The summed E-state index contributed by atoms with van der Waals surface area (Å²) >= 11 is 0. The molecule has 5 rings (SSSR count). The van der Waals surface area contributed by atoms with Gasteiger partial charge in [-0.3, -0.25) is 14.4 Å². The van der Waals surface area contributed by atoms with Crippen molar-refractivity contribution in [1.82, 2.24) is 4.90 Å². The summed E-state index contributed by atoms with van der Waals surface area (Å²) in [6.07, 6.45) is -10.5. The Labute approximate surface area is 424 Å².